The fraction of sp³-hybridized carbons (Fsp3) is 0.611. The topological polar surface area (TPSA) is 111 Å². The maximum Gasteiger partial charge on any atom is 0.229 e. The lowest BCUT2D eigenvalue weighted by Gasteiger charge is -2.43. The van der Waals surface area contributed by atoms with E-state index in [1.165, 1.54) is 13.5 Å². The van der Waals surface area contributed by atoms with E-state index in [0.717, 1.165) is 31.9 Å². The lowest BCUT2D eigenvalue weighted by Crippen LogP contribution is -2.48. The SMILES string of the molecule is COc1cc(NC(=O)C2CC3CCCC(C2)C3N)ccc1NS(C)(=O)=O.Cl. The van der Waals surface area contributed by atoms with Gasteiger partial charge in [-0.15, -0.1) is 12.4 Å². The second kappa shape index (κ2) is 8.67. The van der Waals surface area contributed by atoms with E-state index in [0.29, 0.717) is 29.0 Å². The molecule has 0 heterocycles. The van der Waals surface area contributed by atoms with Crippen molar-refractivity contribution >= 4 is 39.7 Å². The number of methoxy groups -OCH3 is 1. The molecule has 27 heavy (non-hydrogen) atoms. The normalized spacial score (nSPS) is 27.2. The minimum atomic E-state index is -3.41. The Kier molecular flexibility index (Phi) is 6.99. The molecule has 4 N–H and O–H groups in total. The van der Waals surface area contributed by atoms with Crippen LogP contribution in [-0.4, -0.2) is 33.7 Å². The summed E-state index contributed by atoms with van der Waals surface area (Å²) in [5.74, 6) is 1.21. The van der Waals surface area contributed by atoms with Gasteiger partial charge in [-0.05, 0) is 49.7 Å². The molecule has 0 spiro atoms. The summed E-state index contributed by atoms with van der Waals surface area (Å²) in [5.41, 5.74) is 7.23. The first-order valence-corrected chi connectivity index (χ1v) is 10.9. The number of nitrogens with one attached hydrogen (secondary N) is 2. The van der Waals surface area contributed by atoms with Gasteiger partial charge in [-0.25, -0.2) is 8.42 Å². The van der Waals surface area contributed by atoms with Gasteiger partial charge in [0.05, 0.1) is 19.1 Å². The first-order chi connectivity index (χ1) is 12.3. The van der Waals surface area contributed by atoms with Crippen LogP contribution in [0.5, 0.6) is 5.75 Å². The highest BCUT2D eigenvalue weighted by Gasteiger charge is 2.40. The summed E-state index contributed by atoms with van der Waals surface area (Å²) in [6.07, 6.45) is 6.20. The Bertz CT molecular complexity index is 773. The number of benzene rings is 1. The van der Waals surface area contributed by atoms with Crippen LogP contribution in [0.4, 0.5) is 11.4 Å². The number of hydrogen-bond acceptors (Lipinski definition) is 5. The number of amides is 1. The average molecular weight is 418 g/mol. The van der Waals surface area contributed by atoms with Crippen molar-refractivity contribution in [2.24, 2.45) is 23.5 Å². The van der Waals surface area contributed by atoms with Gasteiger partial charge in [0, 0.05) is 23.7 Å². The van der Waals surface area contributed by atoms with Crippen LogP contribution >= 0.6 is 12.4 Å². The number of ether oxygens (including phenoxy) is 1. The second-order valence-corrected chi connectivity index (χ2v) is 9.22. The molecule has 0 aromatic heterocycles. The summed E-state index contributed by atoms with van der Waals surface area (Å²) in [6.45, 7) is 0. The minimum Gasteiger partial charge on any atom is -0.494 e. The van der Waals surface area contributed by atoms with Crippen LogP contribution in [0.1, 0.15) is 32.1 Å². The number of anilines is 2. The Hall–Kier alpha value is -1.51. The van der Waals surface area contributed by atoms with E-state index in [1.807, 2.05) is 0 Å². The molecular formula is C18H28ClN3O4S. The molecule has 2 aliphatic carbocycles. The zero-order valence-corrected chi connectivity index (χ0v) is 17.2. The zero-order valence-electron chi connectivity index (χ0n) is 15.6. The van der Waals surface area contributed by atoms with Gasteiger partial charge in [0.25, 0.3) is 0 Å². The number of sulfonamides is 1. The van der Waals surface area contributed by atoms with Crippen LogP contribution < -0.4 is 20.5 Å². The smallest absolute Gasteiger partial charge is 0.229 e. The van der Waals surface area contributed by atoms with Crippen molar-refractivity contribution in [3.8, 4) is 5.75 Å². The largest absolute Gasteiger partial charge is 0.494 e. The average Bonchev–Trinajstić information content (AvgIpc) is 2.54. The predicted molar refractivity (Wildman–Crippen MR) is 109 cm³/mol. The number of carbonyl (C=O) groups excluding carboxylic acids is 1. The lowest BCUT2D eigenvalue weighted by molar-refractivity contribution is -0.122. The molecule has 2 unspecified atom stereocenters. The molecule has 1 amide bonds. The Morgan fingerprint density at radius 3 is 2.41 bits per heavy atom. The third kappa shape index (κ3) is 5.27. The van der Waals surface area contributed by atoms with Crippen molar-refractivity contribution < 1.29 is 17.9 Å². The molecule has 2 saturated carbocycles. The second-order valence-electron chi connectivity index (χ2n) is 7.48. The Morgan fingerprint density at radius 1 is 1.22 bits per heavy atom. The van der Waals surface area contributed by atoms with Gasteiger partial charge in [-0.1, -0.05) is 6.42 Å². The lowest BCUT2D eigenvalue weighted by atomic mass is 9.65. The predicted octanol–water partition coefficient (Wildman–Crippen LogP) is 2.58. The van der Waals surface area contributed by atoms with Gasteiger partial charge < -0.3 is 15.8 Å². The standard InChI is InChI=1S/C18H27N3O4S.ClH/c1-25-16-10-14(6-7-15(16)21-26(2,23)24)20-18(22)13-8-11-4-3-5-12(9-13)17(11)19;/h6-7,10-13,17,21H,3-5,8-9,19H2,1-2H3,(H,20,22);1H. The van der Waals surface area contributed by atoms with Crippen molar-refractivity contribution in [3.05, 3.63) is 18.2 Å². The van der Waals surface area contributed by atoms with E-state index in [-0.39, 0.29) is 30.3 Å². The van der Waals surface area contributed by atoms with Crippen LogP contribution in [0.25, 0.3) is 0 Å². The quantitative estimate of drug-likeness (QED) is 0.681. The first-order valence-electron chi connectivity index (χ1n) is 8.99. The van der Waals surface area contributed by atoms with Crippen LogP contribution in [0.3, 0.4) is 0 Å². The maximum absolute atomic E-state index is 12.7. The molecule has 9 heteroatoms. The van der Waals surface area contributed by atoms with Crippen molar-refractivity contribution in [3.63, 3.8) is 0 Å². The zero-order chi connectivity index (χ0) is 18.9. The summed E-state index contributed by atoms with van der Waals surface area (Å²) in [6, 6.07) is 5.11. The number of rotatable bonds is 5. The van der Waals surface area contributed by atoms with E-state index in [1.54, 1.807) is 18.2 Å². The third-order valence-electron chi connectivity index (χ3n) is 5.55. The summed E-state index contributed by atoms with van der Waals surface area (Å²) in [7, 11) is -1.95. The number of nitrogens with two attached hydrogens (primary N) is 1. The van der Waals surface area contributed by atoms with Gasteiger partial charge in [0.15, 0.2) is 0 Å². The molecular weight excluding hydrogens is 390 g/mol. The maximum atomic E-state index is 12.7. The van der Waals surface area contributed by atoms with E-state index < -0.39 is 10.0 Å². The first kappa shape index (κ1) is 21.8. The van der Waals surface area contributed by atoms with Crippen LogP contribution in [0, 0.1) is 17.8 Å². The van der Waals surface area contributed by atoms with Crippen molar-refractivity contribution in [2.75, 3.05) is 23.4 Å². The molecule has 152 valence electrons. The molecule has 0 aliphatic heterocycles. The van der Waals surface area contributed by atoms with E-state index in [9.17, 15) is 13.2 Å². The number of halogens is 1. The van der Waals surface area contributed by atoms with Crippen LogP contribution in [0.15, 0.2) is 18.2 Å². The molecule has 7 nitrogen and oxygen atoms in total. The minimum absolute atomic E-state index is 0. The Labute approximate surface area is 166 Å². The van der Waals surface area contributed by atoms with Crippen molar-refractivity contribution in [1.82, 2.24) is 0 Å². The summed E-state index contributed by atoms with van der Waals surface area (Å²) in [4.78, 5) is 12.7. The molecule has 2 aliphatic rings. The van der Waals surface area contributed by atoms with Crippen molar-refractivity contribution in [2.45, 2.75) is 38.1 Å². The monoisotopic (exact) mass is 417 g/mol. The number of hydrogen-bond donors (Lipinski definition) is 3. The summed E-state index contributed by atoms with van der Waals surface area (Å²) >= 11 is 0. The molecule has 1 aromatic carbocycles. The fourth-order valence-electron chi connectivity index (χ4n) is 4.30. The van der Waals surface area contributed by atoms with E-state index in [4.69, 9.17) is 10.5 Å². The van der Waals surface area contributed by atoms with Crippen molar-refractivity contribution in [1.29, 1.82) is 0 Å². The summed E-state index contributed by atoms with van der Waals surface area (Å²) in [5, 5.41) is 2.94. The fourth-order valence-corrected chi connectivity index (χ4v) is 4.87. The van der Waals surface area contributed by atoms with Gasteiger partial charge >= 0.3 is 0 Å². The molecule has 3 rings (SSSR count). The van der Waals surface area contributed by atoms with Gasteiger partial charge in [-0.3, -0.25) is 9.52 Å². The Morgan fingerprint density at radius 2 is 1.85 bits per heavy atom. The highest BCUT2D eigenvalue weighted by atomic mass is 35.5. The molecule has 0 radical (unpaired) electrons. The number of fused-ring (bicyclic) bond motifs is 2. The number of carbonyl (C=O) groups is 1. The molecule has 0 saturated heterocycles. The van der Waals surface area contributed by atoms with E-state index >= 15 is 0 Å². The van der Waals surface area contributed by atoms with Crippen LogP contribution in [-0.2, 0) is 14.8 Å². The van der Waals surface area contributed by atoms with Gasteiger partial charge in [0.2, 0.25) is 15.9 Å². The molecule has 2 atom stereocenters. The highest BCUT2D eigenvalue weighted by Crippen LogP contribution is 2.42. The Balaban J connectivity index is 0.00000261. The van der Waals surface area contributed by atoms with Crippen LogP contribution in [0.2, 0.25) is 0 Å². The van der Waals surface area contributed by atoms with E-state index in [2.05, 4.69) is 10.0 Å². The molecule has 1 aromatic rings. The molecule has 2 bridgehead atoms. The third-order valence-corrected chi connectivity index (χ3v) is 6.14. The molecule has 2 fully saturated rings. The van der Waals surface area contributed by atoms with Gasteiger partial charge in [-0.2, -0.15) is 0 Å². The van der Waals surface area contributed by atoms with Gasteiger partial charge in [0.1, 0.15) is 5.75 Å². The highest BCUT2D eigenvalue weighted by molar-refractivity contribution is 7.92. The summed E-state index contributed by atoms with van der Waals surface area (Å²) < 4.78 is 30.5.